The monoisotopic (exact) mass is 362 g/mol. The number of aromatic nitrogens is 4. The Hall–Kier alpha value is -3.22. The first-order valence-corrected chi connectivity index (χ1v) is 9.19. The molecule has 2 amide bonds. The number of pyridine rings is 1. The predicted molar refractivity (Wildman–Crippen MR) is 102 cm³/mol. The van der Waals surface area contributed by atoms with Crippen LogP contribution in [0.25, 0.3) is 11.4 Å². The molecule has 0 unspecified atom stereocenters. The van der Waals surface area contributed by atoms with Gasteiger partial charge in [-0.15, -0.1) is 0 Å². The Labute approximate surface area is 157 Å². The lowest BCUT2D eigenvalue weighted by atomic mass is 9.97. The molecule has 3 heterocycles. The van der Waals surface area contributed by atoms with E-state index in [0.717, 1.165) is 36.3 Å². The molecule has 138 valence electrons. The van der Waals surface area contributed by atoms with Crippen molar-refractivity contribution in [2.75, 3.05) is 13.1 Å². The number of likely N-dealkylation sites (tertiary alicyclic amines) is 1. The molecule has 7 nitrogen and oxygen atoms in total. The number of aromatic amines is 1. The fraction of sp³-hybridized carbons (Fsp3) is 0.300. The van der Waals surface area contributed by atoms with Crippen molar-refractivity contribution in [3.8, 4) is 11.4 Å². The number of carbonyl (C=O) groups is 1. The van der Waals surface area contributed by atoms with Crippen LogP contribution in [0.1, 0.15) is 30.1 Å². The largest absolute Gasteiger partial charge is 0.334 e. The van der Waals surface area contributed by atoms with Gasteiger partial charge in [0.25, 0.3) is 0 Å². The lowest BCUT2D eigenvalue weighted by molar-refractivity contribution is 0.178. The van der Waals surface area contributed by atoms with Gasteiger partial charge in [-0.2, -0.15) is 5.10 Å². The van der Waals surface area contributed by atoms with Gasteiger partial charge in [-0.25, -0.2) is 9.78 Å². The van der Waals surface area contributed by atoms with Crippen molar-refractivity contribution in [1.82, 2.24) is 30.4 Å². The molecule has 0 bridgehead atoms. The van der Waals surface area contributed by atoms with Crippen LogP contribution in [0.2, 0.25) is 0 Å². The Morgan fingerprint density at radius 3 is 2.81 bits per heavy atom. The van der Waals surface area contributed by atoms with Crippen molar-refractivity contribution in [3.05, 3.63) is 66.2 Å². The van der Waals surface area contributed by atoms with Crippen molar-refractivity contribution in [3.63, 3.8) is 0 Å². The van der Waals surface area contributed by atoms with Gasteiger partial charge < -0.3 is 10.2 Å². The fourth-order valence-corrected chi connectivity index (χ4v) is 3.36. The molecule has 1 aromatic carbocycles. The third-order valence-corrected chi connectivity index (χ3v) is 4.82. The second kappa shape index (κ2) is 7.99. The second-order valence-electron chi connectivity index (χ2n) is 6.71. The molecule has 1 aliphatic heterocycles. The van der Waals surface area contributed by atoms with E-state index in [9.17, 15) is 4.79 Å². The van der Waals surface area contributed by atoms with Crippen LogP contribution in [0.4, 0.5) is 4.79 Å². The zero-order valence-electron chi connectivity index (χ0n) is 15.0. The van der Waals surface area contributed by atoms with Crippen LogP contribution >= 0.6 is 0 Å². The first-order valence-electron chi connectivity index (χ1n) is 9.19. The molecule has 7 heteroatoms. The molecule has 2 aromatic heterocycles. The lowest BCUT2D eigenvalue weighted by Gasteiger charge is -2.31. The maximum atomic E-state index is 12.5. The summed E-state index contributed by atoms with van der Waals surface area (Å²) < 4.78 is 0. The number of rotatable bonds is 4. The minimum absolute atomic E-state index is 0.0302. The van der Waals surface area contributed by atoms with Crippen LogP contribution in [0, 0.1) is 0 Å². The highest BCUT2D eigenvalue weighted by Crippen LogP contribution is 2.26. The summed E-state index contributed by atoms with van der Waals surface area (Å²) in [5.74, 6) is 1.67. The summed E-state index contributed by atoms with van der Waals surface area (Å²) in [5, 5.41) is 10.4. The van der Waals surface area contributed by atoms with Gasteiger partial charge >= 0.3 is 6.03 Å². The normalized spacial score (nSPS) is 16.9. The van der Waals surface area contributed by atoms with Gasteiger partial charge in [0.2, 0.25) is 0 Å². The maximum Gasteiger partial charge on any atom is 0.317 e. The predicted octanol–water partition coefficient (Wildman–Crippen LogP) is 2.96. The number of nitrogens with one attached hydrogen (secondary N) is 2. The number of piperidine rings is 1. The Balaban J connectivity index is 1.38. The second-order valence-corrected chi connectivity index (χ2v) is 6.71. The van der Waals surface area contributed by atoms with Crippen molar-refractivity contribution in [1.29, 1.82) is 0 Å². The van der Waals surface area contributed by atoms with Crippen molar-refractivity contribution < 1.29 is 4.79 Å². The molecule has 1 aliphatic rings. The number of H-pyrrole nitrogens is 1. The van der Waals surface area contributed by atoms with E-state index in [-0.39, 0.29) is 11.9 Å². The van der Waals surface area contributed by atoms with Gasteiger partial charge in [-0.3, -0.25) is 10.1 Å². The molecule has 0 spiro atoms. The van der Waals surface area contributed by atoms with Crippen molar-refractivity contribution in [2.45, 2.75) is 25.3 Å². The lowest BCUT2D eigenvalue weighted by Crippen LogP contribution is -2.44. The first kappa shape index (κ1) is 17.2. The molecule has 0 aliphatic carbocycles. The maximum absolute atomic E-state index is 12.5. The van der Waals surface area contributed by atoms with Crippen LogP contribution in [-0.2, 0) is 6.54 Å². The van der Waals surface area contributed by atoms with E-state index in [2.05, 4.69) is 25.5 Å². The molecule has 3 aromatic rings. The number of urea groups is 1. The Kier molecular flexibility index (Phi) is 5.09. The van der Waals surface area contributed by atoms with Crippen LogP contribution < -0.4 is 5.32 Å². The van der Waals surface area contributed by atoms with E-state index in [4.69, 9.17) is 0 Å². The molecule has 27 heavy (non-hydrogen) atoms. The van der Waals surface area contributed by atoms with E-state index < -0.39 is 0 Å². The molecule has 0 saturated carbocycles. The van der Waals surface area contributed by atoms with E-state index in [1.165, 1.54) is 0 Å². The molecule has 1 saturated heterocycles. The van der Waals surface area contributed by atoms with Gasteiger partial charge in [0.05, 0.1) is 0 Å². The average Bonchev–Trinajstić information content (AvgIpc) is 3.24. The zero-order valence-corrected chi connectivity index (χ0v) is 15.0. The Morgan fingerprint density at radius 1 is 1.19 bits per heavy atom. The Morgan fingerprint density at radius 2 is 2.00 bits per heavy atom. The first-order chi connectivity index (χ1) is 13.3. The van der Waals surface area contributed by atoms with E-state index >= 15 is 0 Å². The molecular formula is C20H22N6O. The van der Waals surface area contributed by atoms with E-state index in [1.807, 2.05) is 47.4 Å². The van der Waals surface area contributed by atoms with Gasteiger partial charge in [-0.05, 0) is 30.5 Å². The molecule has 0 radical (unpaired) electrons. The standard InChI is InChI=1S/C20H22N6O/c27-20(22-13-15-5-2-1-3-6-15)26-12-4-7-17(14-26)19-23-18(24-25-19)16-8-10-21-11-9-16/h1-3,5-6,8-11,17H,4,7,12-14H2,(H,22,27)(H,23,24,25)/t17-/m0/s1. The van der Waals surface area contributed by atoms with Crippen LogP contribution in [0.3, 0.4) is 0 Å². The third kappa shape index (κ3) is 4.13. The highest BCUT2D eigenvalue weighted by molar-refractivity contribution is 5.74. The van der Waals surface area contributed by atoms with E-state index in [0.29, 0.717) is 18.9 Å². The van der Waals surface area contributed by atoms with Gasteiger partial charge in [0.15, 0.2) is 5.82 Å². The van der Waals surface area contributed by atoms with Gasteiger partial charge in [0, 0.05) is 43.5 Å². The fourth-order valence-electron chi connectivity index (χ4n) is 3.36. The number of hydrogen-bond donors (Lipinski definition) is 2. The minimum Gasteiger partial charge on any atom is -0.334 e. The summed E-state index contributed by atoms with van der Waals surface area (Å²) in [7, 11) is 0. The molecule has 1 atom stereocenters. The number of nitrogens with zero attached hydrogens (tertiary/aromatic N) is 4. The number of hydrogen-bond acceptors (Lipinski definition) is 4. The number of benzene rings is 1. The smallest absolute Gasteiger partial charge is 0.317 e. The topological polar surface area (TPSA) is 86.8 Å². The van der Waals surface area contributed by atoms with Crippen molar-refractivity contribution in [2.24, 2.45) is 0 Å². The molecular weight excluding hydrogens is 340 g/mol. The van der Waals surface area contributed by atoms with Gasteiger partial charge in [0.1, 0.15) is 5.82 Å². The quantitative estimate of drug-likeness (QED) is 0.747. The average molecular weight is 362 g/mol. The minimum atomic E-state index is -0.0302. The van der Waals surface area contributed by atoms with Crippen LogP contribution in [0.5, 0.6) is 0 Å². The van der Waals surface area contributed by atoms with Crippen LogP contribution in [-0.4, -0.2) is 44.2 Å². The summed E-state index contributed by atoms with van der Waals surface area (Å²) in [5.41, 5.74) is 2.03. The Bertz CT molecular complexity index is 880. The highest BCUT2D eigenvalue weighted by Gasteiger charge is 2.27. The molecule has 1 fully saturated rings. The zero-order chi connectivity index (χ0) is 18.5. The van der Waals surface area contributed by atoms with Crippen LogP contribution in [0.15, 0.2) is 54.9 Å². The number of amides is 2. The third-order valence-electron chi connectivity index (χ3n) is 4.82. The summed E-state index contributed by atoms with van der Waals surface area (Å²) >= 11 is 0. The summed E-state index contributed by atoms with van der Waals surface area (Å²) in [6.07, 6.45) is 5.40. The van der Waals surface area contributed by atoms with E-state index in [1.54, 1.807) is 12.4 Å². The van der Waals surface area contributed by atoms with Gasteiger partial charge in [-0.1, -0.05) is 30.3 Å². The summed E-state index contributed by atoms with van der Waals surface area (Å²) in [6, 6.07) is 13.7. The molecule has 2 N–H and O–H groups in total. The highest BCUT2D eigenvalue weighted by atomic mass is 16.2. The SMILES string of the molecule is O=C(NCc1ccccc1)N1CCC[C@H](c2nc(-c3ccncc3)n[nH]2)C1. The summed E-state index contributed by atoms with van der Waals surface area (Å²) in [4.78, 5) is 23.1. The number of carbonyl (C=O) groups excluding carboxylic acids is 1. The summed E-state index contributed by atoms with van der Waals surface area (Å²) in [6.45, 7) is 1.95. The molecule has 4 rings (SSSR count). The van der Waals surface area contributed by atoms with Crippen molar-refractivity contribution >= 4 is 6.03 Å².